The quantitative estimate of drug-likeness (QED) is 0.777. The van der Waals surface area contributed by atoms with Crippen molar-refractivity contribution < 1.29 is 14.2 Å². The minimum absolute atomic E-state index is 0.131. The first-order chi connectivity index (χ1) is 7.85. The van der Waals surface area contributed by atoms with Crippen molar-refractivity contribution in [2.45, 2.75) is 12.4 Å². The molecule has 6 heteroatoms. The van der Waals surface area contributed by atoms with Crippen LogP contribution in [0.5, 0.6) is 0 Å². The molecule has 0 amide bonds. The van der Waals surface area contributed by atoms with Gasteiger partial charge < -0.3 is 14.2 Å². The third kappa shape index (κ3) is 2.75. The van der Waals surface area contributed by atoms with E-state index in [4.69, 9.17) is 14.2 Å². The first kappa shape index (κ1) is 12.3. The van der Waals surface area contributed by atoms with Crippen LogP contribution in [0.3, 0.4) is 0 Å². The van der Waals surface area contributed by atoms with Crippen molar-refractivity contribution in [3.05, 3.63) is 16.1 Å². The minimum atomic E-state index is -0.374. The van der Waals surface area contributed by atoms with Crippen molar-refractivity contribution in [2.24, 2.45) is 0 Å². The summed E-state index contributed by atoms with van der Waals surface area (Å²) in [5.74, 6) is 2.06. The lowest BCUT2D eigenvalue weighted by Crippen LogP contribution is -2.15. The number of hydrogen-bond acceptors (Lipinski definition) is 6. The van der Waals surface area contributed by atoms with Gasteiger partial charge in [0.15, 0.2) is 0 Å². The average molecular weight is 261 g/mol. The van der Waals surface area contributed by atoms with E-state index in [9.17, 15) is 0 Å². The van der Waals surface area contributed by atoms with Gasteiger partial charge in [-0.1, -0.05) is 0 Å². The monoisotopic (exact) mass is 261 g/mol. The summed E-state index contributed by atoms with van der Waals surface area (Å²) in [6.07, 6.45) is -0.242. The van der Waals surface area contributed by atoms with Crippen LogP contribution in [0.2, 0.25) is 0 Å². The van der Waals surface area contributed by atoms with Crippen LogP contribution in [0.4, 0.5) is 0 Å². The molecular weight excluding hydrogens is 246 g/mol. The van der Waals surface area contributed by atoms with Crippen molar-refractivity contribution in [3.63, 3.8) is 0 Å². The number of thiazole rings is 1. The van der Waals surface area contributed by atoms with Gasteiger partial charge in [0, 0.05) is 31.1 Å². The number of thioether (sulfide) groups is 1. The summed E-state index contributed by atoms with van der Waals surface area (Å²) in [5, 5.41) is 2.98. The van der Waals surface area contributed by atoms with Crippen molar-refractivity contribution in [2.75, 3.05) is 32.3 Å². The van der Waals surface area contributed by atoms with Crippen molar-refractivity contribution in [3.8, 4) is 0 Å². The standard InChI is InChI=1S/C10H15NO3S2/c1-12-10(13-2)7-5-16-9(11-7)8-6-15-4-3-14-8/h5,8,10H,3-4,6H2,1-2H3. The first-order valence-electron chi connectivity index (χ1n) is 5.05. The lowest BCUT2D eigenvalue weighted by molar-refractivity contribution is -0.108. The Bertz CT molecular complexity index is 322. The van der Waals surface area contributed by atoms with Crippen LogP contribution in [0.1, 0.15) is 23.1 Å². The molecule has 0 N–H and O–H groups in total. The van der Waals surface area contributed by atoms with Gasteiger partial charge in [0.05, 0.1) is 6.61 Å². The van der Waals surface area contributed by atoms with Gasteiger partial charge in [-0.2, -0.15) is 11.8 Å². The first-order valence-corrected chi connectivity index (χ1v) is 7.09. The van der Waals surface area contributed by atoms with Crippen LogP contribution in [0.25, 0.3) is 0 Å². The smallest absolute Gasteiger partial charge is 0.201 e. The van der Waals surface area contributed by atoms with Crippen LogP contribution in [0.15, 0.2) is 5.38 Å². The van der Waals surface area contributed by atoms with Crippen molar-refractivity contribution in [1.82, 2.24) is 4.98 Å². The molecule has 0 radical (unpaired) electrons. The number of nitrogens with zero attached hydrogens (tertiary/aromatic N) is 1. The molecule has 1 saturated heterocycles. The van der Waals surface area contributed by atoms with Gasteiger partial charge in [-0.05, 0) is 0 Å². The minimum Gasteiger partial charge on any atom is -0.369 e. The Balaban J connectivity index is 2.05. The van der Waals surface area contributed by atoms with Crippen LogP contribution >= 0.6 is 23.1 Å². The molecule has 1 aliphatic rings. The van der Waals surface area contributed by atoms with Gasteiger partial charge in [0.2, 0.25) is 6.29 Å². The Morgan fingerprint density at radius 3 is 2.94 bits per heavy atom. The summed E-state index contributed by atoms with van der Waals surface area (Å²) in [4.78, 5) is 4.51. The molecule has 1 aliphatic heterocycles. The largest absolute Gasteiger partial charge is 0.369 e. The maximum atomic E-state index is 5.67. The molecule has 4 nitrogen and oxygen atoms in total. The van der Waals surface area contributed by atoms with Gasteiger partial charge in [-0.3, -0.25) is 0 Å². The van der Waals surface area contributed by atoms with Crippen molar-refractivity contribution >= 4 is 23.1 Å². The molecule has 1 unspecified atom stereocenters. The Morgan fingerprint density at radius 2 is 2.31 bits per heavy atom. The summed E-state index contributed by atoms with van der Waals surface area (Å²) in [7, 11) is 3.22. The molecule has 2 heterocycles. The molecule has 2 rings (SSSR count). The molecule has 0 bridgehead atoms. The summed E-state index contributed by atoms with van der Waals surface area (Å²) < 4.78 is 16.0. The average Bonchev–Trinajstić information content (AvgIpc) is 2.81. The summed E-state index contributed by atoms with van der Waals surface area (Å²) >= 11 is 3.51. The highest BCUT2D eigenvalue weighted by atomic mass is 32.2. The Morgan fingerprint density at radius 1 is 1.50 bits per heavy atom. The zero-order valence-electron chi connectivity index (χ0n) is 9.34. The molecule has 0 saturated carbocycles. The fraction of sp³-hybridized carbons (Fsp3) is 0.700. The number of methoxy groups -OCH3 is 2. The number of rotatable bonds is 4. The van der Waals surface area contributed by atoms with Crippen molar-refractivity contribution in [1.29, 1.82) is 0 Å². The van der Waals surface area contributed by atoms with E-state index in [0.717, 1.165) is 28.8 Å². The number of aromatic nitrogens is 1. The number of hydrogen-bond donors (Lipinski definition) is 0. The Labute approximate surface area is 103 Å². The van der Waals surface area contributed by atoms with E-state index in [1.165, 1.54) is 0 Å². The zero-order chi connectivity index (χ0) is 11.4. The van der Waals surface area contributed by atoms with E-state index >= 15 is 0 Å². The molecule has 16 heavy (non-hydrogen) atoms. The van der Waals surface area contributed by atoms with E-state index in [-0.39, 0.29) is 12.4 Å². The van der Waals surface area contributed by atoms with Gasteiger partial charge >= 0.3 is 0 Å². The second-order valence-electron chi connectivity index (χ2n) is 3.35. The van der Waals surface area contributed by atoms with E-state index < -0.39 is 0 Å². The second kappa shape index (κ2) is 5.97. The predicted molar refractivity (Wildman–Crippen MR) is 64.9 cm³/mol. The maximum Gasteiger partial charge on any atom is 0.201 e. The Hall–Kier alpha value is -0.140. The molecule has 1 fully saturated rings. The van der Waals surface area contributed by atoms with Gasteiger partial charge in [-0.25, -0.2) is 4.98 Å². The molecule has 1 aromatic heterocycles. The molecule has 1 atom stereocenters. The van der Waals surface area contributed by atoms with E-state index in [1.54, 1.807) is 25.6 Å². The maximum absolute atomic E-state index is 5.67. The molecule has 1 aromatic rings. The summed E-state index contributed by atoms with van der Waals surface area (Å²) in [5.41, 5.74) is 0.823. The number of ether oxygens (including phenoxy) is 3. The van der Waals surface area contributed by atoms with Crippen LogP contribution < -0.4 is 0 Å². The molecule has 90 valence electrons. The molecule has 0 spiro atoms. The summed E-state index contributed by atoms with van der Waals surface area (Å²) in [6, 6.07) is 0. The Kier molecular flexibility index (Phi) is 4.60. The van der Waals surface area contributed by atoms with Gasteiger partial charge in [-0.15, -0.1) is 11.3 Å². The summed E-state index contributed by atoms with van der Waals surface area (Å²) in [6.45, 7) is 0.808. The van der Waals surface area contributed by atoms with E-state index in [1.807, 2.05) is 17.1 Å². The highest BCUT2D eigenvalue weighted by Gasteiger charge is 2.22. The third-order valence-corrected chi connectivity index (χ3v) is 4.25. The van der Waals surface area contributed by atoms with Gasteiger partial charge in [0.1, 0.15) is 16.8 Å². The lowest BCUT2D eigenvalue weighted by atomic mass is 10.4. The second-order valence-corrected chi connectivity index (χ2v) is 5.39. The van der Waals surface area contributed by atoms with Crippen LogP contribution in [0, 0.1) is 0 Å². The molecule has 0 aliphatic carbocycles. The molecule has 0 aromatic carbocycles. The highest BCUT2D eigenvalue weighted by molar-refractivity contribution is 7.99. The topological polar surface area (TPSA) is 40.6 Å². The predicted octanol–water partition coefficient (Wildman–Crippen LogP) is 2.24. The van der Waals surface area contributed by atoms with Gasteiger partial charge in [0.25, 0.3) is 0 Å². The van der Waals surface area contributed by atoms with Crippen LogP contribution in [-0.2, 0) is 14.2 Å². The normalized spacial score (nSPS) is 21.6. The zero-order valence-corrected chi connectivity index (χ0v) is 11.0. The van der Waals surface area contributed by atoms with Crippen LogP contribution in [-0.4, -0.2) is 37.3 Å². The lowest BCUT2D eigenvalue weighted by Gasteiger charge is -2.20. The third-order valence-electron chi connectivity index (χ3n) is 2.30. The van der Waals surface area contributed by atoms with E-state index in [2.05, 4.69) is 4.98 Å². The fourth-order valence-electron chi connectivity index (χ4n) is 1.52. The fourth-order valence-corrected chi connectivity index (χ4v) is 3.35. The SMILES string of the molecule is COC(OC)c1csc(C2CSCCO2)n1. The molecular formula is C10H15NO3S2. The highest BCUT2D eigenvalue weighted by Crippen LogP contribution is 2.30. The van der Waals surface area contributed by atoms with E-state index in [0.29, 0.717) is 0 Å².